The van der Waals surface area contributed by atoms with Crippen molar-refractivity contribution in [1.29, 1.82) is 0 Å². The summed E-state index contributed by atoms with van der Waals surface area (Å²) in [5.41, 5.74) is 3.82. The van der Waals surface area contributed by atoms with Gasteiger partial charge in [-0.3, -0.25) is 4.98 Å². The molecule has 0 fully saturated rings. The molecule has 0 unspecified atom stereocenters. The van der Waals surface area contributed by atoms with Crippen LogP contribution >= 0.6 is 0 Å². The molecule has 1 aliphatic heterocycles. The van der Waals surface area contributed by atoms with Crippen LogP contribution in [0.1, 0.15) is 30.5 Å². The second-order valence-electron chi connectivity index (χ2n) is 2.59. The molecule has 2 nitrogen and oxygen atoms in total. The fraction of sp³-hybridized carbons (Fsp3) is 0.500. The molecule has 2 rings (SSSR count). The minimum absolute atomic E-state index is 0.740. The summed E-state index contributed by atoms with van der Waals surface area (Å²) in [6.45, 7) is 7.58. The zero-order valence-electron chi connectivity index (χ0n) is 7.92. The van der Waals surface area contributed by atoms with Crippen LogP contribution in [-0.4, -0.2) is 4.98 Å². The maximum absolute atomic E-state index is 5.26. The lowest BCUT2D eigenvalue weighted by atomic mass is 10.1. The fourth-order valence-corrected chi connectivity index (χ4v) is 1.24. The van der Waals surface area contributed by atoms with Gasteiger partial charge < -0.3 is 4.74 Å². The van der Waals surface area contributed by atoms with Gasteiger partial charge in [-0.25, -0.2) is 0 Å². The molecule has 1 aliphatic rings. The molecule has 12 heavy (non-hydrogen) atoms. The predicted molar refractivity (Wildman–Crippen MR) is 48.8 cm³/mol. The van der Waals surface area contributed by atoms with Gasteiger partial charge in [0.25, 0.3) is 0 Å². The lowest BCUT2D eigenvalue weighted by molar-refractivity contribution is 0.134. The van der Waals surface area contributed by atoms with Crippen molar-refractivity contribution in [3.8, 4) is 0 Å². The average Bonchev–Trinajstić information content (AvgIpc) is 2.57. The molecule has 0 spiro atoms. The number of hydrogen-bond acceptors (Lipinski definition) is 2. The Bertz CT molecular complexity index is 258. The predicted octanol–water partition coefficient (Wildman–Crippen LogP) is 2.45. The minimum atomic E-state index is 0.740. The van der Waals surface area contributed by atoms with Gasteiger partial charge in [0, 0.05) is 18.0 Å². The highest BCUT2D eigenvalue weighted by Gasteiger charge is 2.12. The molecule has 66 valence electrons. The van der Waals surface area contributed by atoms with Gasteiger partial charge in [-0.1, -0.05) is 13.8 Å². The molecule has 0 saturated heterocycles. The largest absolute Gasteiger partial charge is 0.372 e. The standard InChI is InChI=1S/C8H9NO.C2H6/c1-6-2-9-3-7-4-10-5-8(6)7;1-2/h2-3H,4-5H2,1H3;1-2H3. The van der Waals surface area contributed by atoms with E-state index in [9.17, 15) is 0 Å². The maximum Gasteiger partial charge on any atom is 0.0740 e. The molecule has 2 heterocycles. The molecule has 0 radical (unpaired) electrons. The number of nitrogens with zero attached hydrogens (tertiary/aromatic N) is 1. The highest BCUT2D eigenvalue weighted by atomic mass is 16.5. The van der Waals surface area contributed by atoms with Gasteiger partial charge in [0.15, 0.2) is 0 Å². The van der Waals surface area contributed by atoms with E-state index in [1.54, 1.807) is 0 Å². The topological polar surface area (TPSA) is 22.1 Å². The van der Waals surface area contributed by atoms with E-state index in [1.807, 2.05) is 26.2 Å². The van der Waals surface area contributed by atoms with Gasteiger partial charge in [-0.05, 0) is 18.1 Å². The van der Waals surface area contributed by atoms with Crippen molar-refractivity contribution in [3.63, 3.8) is 0 Å². The summed E-state index contributed by atoms with van der Waals surface area (Å²) in [6.07, 6.45) is 3.77. The second kappa shape index (κ2) is 4.21. The molecule has 0 bridgehead atoms. The van der Waals surface area contributed by atoms with E-state index in [2.05, 4.69) is 11.9 Å². The van der Waals surface area contributed by atoms with Gasteiger partial charge in [-0.15, -0.1) is 0 Å². The number of aromatic nitrogens is 1. The van der Waals surface area contributed by atoms with Crippen molar-refractivity contribution in [2.75, 3.05) is 0 Å². The Morgan fingerprint density at radius 1 is 1.25 bits per heavy atom. The quantitative estimate of drug-likeness (QED) is 0.589. The zero-order valence-corrected chi connectivity index (χ0v) is 7.92. The van der Waals surface area contributed by atoms with E-state index >= 15 is 0 Å². The zero-order chi connectivity index (χ0) is 8.97. The first-order valence-electron chi connectivity index (χ1n) is 4.38. The third-order valence-electron chi connectivity index (χ3n) is 1.87. The van der Waals surface area contributed by atoms with E-state index < -0.39 is 0 Å². The Morgan fingerprint density at radius 3 is 2.67 bits per heavy atom. The SMILES string of the molecule is CC.Cc1cncc2c1COC2. The van der Waals surface area contributed by atoms with Crippen LogP contribution in [0.2, 0.25) is 0 Å². The van der Waals surface area contributed by atoms with Crippen LogP contribution in [0.5, 0.6) is 0 Å². The summed E-state index contributed by atoms with van der Waals surface area (Å²) in [6, 6.07) is 0. The van der Waals surface area contributed by atoms with E-state index in [4.69, 9.17) is 4.74 Å². The average molecular weight is 165 g/mol. The number of aryl methyl sites for hydroxylation is 1. The third kappa shape index (κ3) is 1.64. The normalized spacial score (nSPS) is 13.2. The third-order valence-corrected chi connectivity index (χ3v) is 1.87. The molecular weight excluding hydrogens is 150 g/mol. The number of hydrogen-bond donors (Lipinski definition) is 0. The summed E-state index contributed by atoms with van der Waals surface area (Å²) in [7, 11) is 0. The Balaban J connectivity index is 0.000000336. The molecular formula is C10H15NO. The van der Waals surface area contributed by atoms with Crippen LogP contribution in [0, 0.1) is 6.92 Å². The van der Waals surface area contributed by atoms with Crippen LogP contribution in [0.4, 0.5) is 0 Å². The lowest BCUT2D eigenvalue weighted by Gasteiger charge is -1.97. The van der Waals surface area contributed by atoms with Crippen molar-refractivity contribution in [2.45, 2.75) is 34.0 Å². The maximum atomic E-state index is 5.26. The smallest absolute Gasteiger partial charge is 0.0740 e. The van der Waals surface area contributed by atoms with Crippen LogP contribution in [0.25, 0.3) is 0 Å². The van der Waals surface area contributed by atoms with Gasteiger partial charge >= 0.3 is 0 Å². The molecule has 0 aromatic carbocycles. The number of pyridine rings is 1. The highest BCUT2D eigenvalue weighted by Crippen LogP contribution is 2.20. The molecule has 1 aromatic rings. The van der Waals surface area contributed by atoms with Crippen LogP contribution in [0.15, 0.2) is 12.4 Å². The molecule has 0 amide bonds. The molecule has 2 heteroatoms. The van der Waals surface area contributed by atoms with Crippen molar-refractivity contribution >= 4 is 0 Å². The first kappa shape index (κ1) is 9.20. The van der Waals surface area contributed by atoms with Gasteiger partial charge in [-0.2, -0.15) is 0 Å². The summed E-state index contributed by atoms with van der Waals surface area (Å²) in [4.78, 5) is 4.08. The Morgan fingerprint density at radius 2 is 2.00 bits per heavy atom. The van der Waals surface area contributed by atoms with Gasteiger partial charge in [0.1, 0.15) is 0 Å². The summed E-state index contributed by atoms with van der Waals surface area (Å²) < 4.78 is 5.26. The highest BCUT2D eigenvalue weighted by molar-refractivity contribution is 5.31. The number of rotatable bonds is 0. The van der Waals surface area contributed by atoms with Crippen LogP contribution in [-0.2, 0) is 18.0 Å². The van der Waals surface area contributed by atoms with E-state index in [0.29, 0.717) is 0 Å². The fourth-order valence-electron chi connectivity index (χ4n) is 1.24. The van der Waals surface area contributed by atoms with E-state index in [0.717, 1.165) is 13.2 Å². The molecule has 0 N–H and O–H groups in total. The Hall–Kier alpha value is -0.890. The van der Waals surface area contributed by atoms with Crippen molar-refractivity contribution in [3.05, 3.63) is 29.1 Å². The van der Waals surface area contributed by atoms with Crippen LogP contribution < -0.4 is 0 Å². The van der Waals surface area contributed by atoms with Gasteiger partial charge in [0.2, 0.25) is 0 Å². The Kier molecular flexibility index (Phi) is 3.23. The Labute approximate surface area is 73.6 Å². The number of ether oxygens (including phenoxy) is 1. The minimum Gasteiger partial charge on any atom is -0.372 e. The summed E-state index contributed by atoms with van der Waals surface area (Å²) >= 11 is 0. The number of fused-ring (bicyclic) bond motifs is 1. The van der Waals surface area contributed by atoms with Crippen molar-refractivity contribution in [2.24, 2.45) is 0 Å². The molecule has 0 aliphatic carbocycles. The van der Waals surface area contributed by atoms with Crippen molar-refractivity contribution < 1.29 is 4.74 Å². The summed E-state index contributed by atoms with van der Waals surface area (Å²) in [5.74, 6) is 0. The van der Waals surface area contributed by atoms with E-state index in [1.165, 1.54) is 16.7 Å². The first-order chi connectivity index (χ1) is 5.88. The van der Waals surface area contributed by atoms with Gasteiger partial charge in [0.05, 0.1) is 13.2 Å². The molecule has 0 atom stereocenters. The lowest BCUT2D eigenvalue weighted by Crippen LogP contribution is -1.87. The van der Waals surface area contributed by atoms with Crippen molar-refractivity contribution in [1.82, 2.24) is 4.98 Å². The molecule has 1 aromatic heterocycles. The first-order valence-corrected chi connectivity index (χ1v) is 4.38. The second-order valence-corrected chi connectivity index (χ2v) is 2.59. The summed E-state index contributed by atoms with van der Waals surface area (Å²) in [5, 5.41) is 0. The molecule has 0 saturated carbocycles. The van der Waals surface area contributed by atoms with Crippen LogP contribution in [0.3, 0.4) is 0 Å². The van der Waals surface area contributed by atoms with E-state index in [-0.39, 0.29) is 0 Å². The monoisotopic (exact) mass is 165 g/mol.